The lowest BCUT2D eigenvalue weighted by molar-refractivity contribution is 0.415. The Morgan fingerprint density at radius 2 is 2.22 bits per heavy atom. The van der Waals surface area contributed by atoms with Crippen molar-refractivity contribution in [3.8, 4) is 0 Å². The second kappa shape index (κ2) is 6.13. The molecule has 0 aromatic heterocycles. The van der Waals surface area contributed by atoms with Gasteiger partial charge in [-0.1, -0.05) is 22.9 Å². The second-order valence-electron chi connectivity index (χ2n) is 5.18. The van der Waals surface area contributed by atoms with E-state index < -0.39 is 0 Å². The molecule has 3 N–H and O–H groups in total. The lowest BCUT2D eigenvalue weighted by Gasteiger charge is -2.21. The van der Waals surface area contributed by atoms with Gasteiger partial charge in [0.1, 0.15) is 5.82 Å². The van der Waals surface area contributed by atoms with E-state index in [0.717, 1.165) is 16.9 Å². The number of halogens is 2. The SMILES string of the molecule is CC(CNC(CN)c1cc(Br)ccc1F)C1CC1. The van der Waals surface area contributed by atoms with E-state index in [1.54, 1.807) is 6.07 Å². The Balaban J connectivity index is 2.00. The highest BCUT2D eigenvalue weighted by molar-refractivity contribution is 9.10. The minimum atomic E-state index is -0.194. The maximum absolute atomic E-state index is 13.8. The van der Waals surface area contributed by atoms with Gasteiger partial charge in [0.25, 0.3) is 0 Å². The van der Waals surface area contributed by atoms with Gasteiger partial charge in [-0.3, -0.25) is 0 Å². The molecule has 0 radical (unpaired) electrons. The van der Waals surface area contributed by atoms with E-state index in [1.807, 2.05) is 6.07 Å². The fourth-order valence-electron chi connectivity index (χ4n) is 2.26. The molecule has 18 heavy (non-hydrogen) atoms. The molecule has 0 saturated heterocycles. The summed E-state index contributed by atoms with van der Waals surface area (Å²) in [6.45, 7) is 3.55. The molecule has 1 fully saturated rings. The number of hydrogen-bond acceptors (Lipinski definition) is 2. The van der Waals surface area contributed by atoms with Crippen molar-refractivity contribution < 1.29 is 4.39 Å². The summed E-state index contributed by atoms with van der Waals surface area (Å²) in [5, 5.41) is 3.39. The highest BCUT2D eigenvalue weighted by Gasteiger charge is 2.28. The van der Waals surface area contributed by atoms with Gasteiger partial charge in [-0.05, 0) is 49.4 Å². The van der Waals surface area contributed by atoms with Gasteiger partial charge < -0.3 is 11.1 Å². The van der Waals surface area contributed by atoms with Crippen molar-refractivity contribution >= 4 is 15.9 Å². The van der Waals surface area contributed by atoms with Crippen molar-refractivity contribution in [1.29, 1.82) is 0 Å². The minimum absolute atomic E-state index is 0.108. The van der Waals surface area contributed by atoms with Gasteiger partial charge in [-0.15, -0.1) is 0 Å². The van der Waals surface area contributed by atoms with Gasteiger partial charge in [0, 0.05) is 22.6 Å². The summed E-state index contributed by atoms with van der Waals surface area (Å²) in [4.78, 5) is 0. The van der Waals surface area contributed by atoms with Crippen LogP contribution < -0.4 is 11.1 Å². The van der Waals surface area contributed by atoms with E-state index in [0.29, 0.717) is 18.0 Å². The van der Waals surface area contributed by atoms with Crippen molar-refractivity contribution in [3.05, 3.63) is 34.1 Å². The molecule has 1 aromatic rings. The Labute approximate surface area is 116 Å². The smallest absolute Gasteiger partial charge is 0.128 e. The van der Waals surface area contributed by atoms with Crippen LogP contribution in [0, 0.1) is 17.7 Å². The van der Waals surface area contributed by atoms with E-state index in [2.05, 4.69) is 28.2 Å². The second-order valence-corrected chi connectivity index (χ2v) is 6.09. The van der Waals surface area contributed by atoms with Crippen molar-refractivity contribution in [1.82, 2.24) is 5.32 Å². The third-order valence-corrected chi connectivity index (χ3v) is 4.18. The number of hydrogen-bond donors (Lipinski definition) is 2. The summed E-state index contributed by atoms with van der Waals surface area (Å²) in [6.07, 6.45) is 2.67. The van der Waals surface area contributed by atoms with E-state index in [4.69, 9.17) is 5.73 Å². The zero-order valence-electron chi connectivity index (χ0n) is 10.6. The summed E-state index contributed by atoms with van der Waals surface area (Å²) in [5.41, 5.74) is 6.41. The van der Waals surface area contributed by atoms with Crippen LogP contribution >= 0.6 is 15.9 Å². The molecule has 100 valence electrons. The molecule has 0 spiro atoms. The van der Waals surface area contributed by atoms with E-state index in [9.17, 15) is 4.39 Å². The first kappa shape index (κ1) is 14.0. The molecule has 1 aromatic carbocycles. The van der Waals surface area contributed by atoms with Gasteiger partial charge in [0.2, 0.25) is 0 Å². The van der Waals surface area contributed by atoms with Crippen LogP contribution in [0.4, 0.5) is 4.39 Å². The monoisotopic (exact) mass is 314 g/mol. The molecule has 0 heterocycles. The molecule has 2 unspecified atom stereocenters. The average molecular weight is 315 g/mol. The molecule has 2 nitrogen and oxygen atoms in total. The van der Waals surface area contributed by atoms with Crippen molar-refractivity contribution in [2.24, 2.45) is 17.6 Å². The fourth-order valence-corrected chi connectivity index (χ4v) is 2.64. The van der Waals surface area contributed by atoms with Crippen molar-refractivity contribution in [2.75, 3.05) is 13.1 Å². The summed E-state index contributed by atoms with van der Waals surface area (Å²) in [7, 11) is 0. The van der Waals surface area contributed by atoms with E-state index in [-0.39, 0.29) is 11.9 Å². The van der Waals surface area contributed by atoms with Crippen molar-refractivity contribution in [2.45, 2.75) is 25.8 Å². The molecular formula is C14H20BrFN2. The van der Waals surface area contributed by atoms with Crippen LogP contribution in [0.3, 0.4) is 0 Å². The molecular weight excluding hydrogens is 295 g/mol. The summed E-state index contributed by atoms with van der Waals surface area (Å²) < 4.78 is 14.7. The van der Waals surface area contributed by atoms with E-state index in [1.165, 1.54) is 18.9 Å². The van der Waals surface area contributed by atoms with Gasteiger partial charge >= 0.3 is 0 Å². The van der Waals surface area contributed by atoms with Gasteiger partial charge in [0.15, 0.2) is 0 Å². The van der Waals surface area contributed by atoms with Crippen molar-refractivity contribution in [3.63, 3.8) is 0 Å². The lowest BCUT2D eigenvalue weighted by atomic mass is 10.0. The number of rotatable bonds is 6. The standard InChI is InChI=1S/C14H20BrFN2/c1-9(10-2-3-10)8-18-14(7-17)12-6-11(15)4-5-13(12)16/h4-6,9-10,14,18H,2-3,7-8,17H2,1H3. The third kappa shape index (κ3) is 3.53. The van der Waals surface area contributed by atoms with Crippen LogP contribution in [0.1, 0.15) is 31.4 Å². The first-order valence-electron chi connectivity index (χ1n) is 6.50. The Kier molecular flexibility index (Phi) is 4.76. The maximum Gasteiger partial charge on any atom is 0.128 e. The first-order valence-corrected chi connectivity index (χ1v) is 7.29. The highest BCUT2D eigenvalue weighted by atomic mass is 79.9. The normalized spacial score (nSPS) is 18.7. The third-order valence-electron chi connectivity index (χ3n) is 3.68. The van der Waals surface area contributed by atoms with Crippen LogP contribution in [-0.2, 0) is 0 Å². The lowest BCUT2D eigenvalue weighted by Crippen LogP contribution is -2.32. The molecule has 2 rings (SSSR count). The van der Waals surface area contributed by atoms with Gasteiger partial charge in [-0.2, -0.15) is 0 Å². The van der Waals surface area contributed by atoms with Crippen LogP contribution in [-0.4, -0.2) is 13.1 Å². The zero-order valence-corrected chi connectivity index (χ0v) is 12.2. The topological polar surface area (TPSA) is 38.0 Å². The summed E-state index contributed by atoms with van der Waals surface area (Å²) >= 11 is 3.37. The molecule has 2 atom stereocenters. The quantitative estimate of drug-likeness (QED) is 0.846. The predicted molar refractivity (Wildman–Crippen MR) is 75.8 cm³/mol. The predicted octanol–water partition coefficient (Wildman–Crippen LogP) is 3.22. The average Bonchev–Trinajstić information content (AvgIpc) is 3.18. The molecule has 1 saturated carbocycles. The summed E-state index contributed by atoms with van der Waals surface area (Å²) in [6, 6.07) is 4.89. The maximum atomic E-state index is 13.8. The van der Waals surface area contributed by atoms with Gasteiger partial charge in [0.05, 0.1) is 0 Å². The Morgan fingerprint density at radius 3 is 2.83 bits per heavy atom. The van der Waals surface area contributed by atoms with Crippen LogP contribution in [0.5, 0.6) is 0 Å². The fraction of sp³-hybridized carbons (Fsp3) is 0.571. The van der Waals surface area contributed by atoms with E-state index >= 15 is 0 Å². The van der Waals surface area contributed by atoms with Crippen LogP contribution in [0.15, 0.2) is 22.7 Å². The number of nitrogens with two attached hydrogens (primary N) is 1. The number of nitrogens with one attached hydrogen (secondary N) is 1. The Morgan fingerprint density at radius 1 is 1.50 bits per heavy atom. The number of benzene rings is 1. The minimum Gasteiger partial charge on any atom is -0.329 e. The molecule has 1 aliphatic rings. The largest absolute Gasteiger partial charge is 0.329 e. The molecule has 1 aliphatic carbocycles. The molecule has 4 heteroatoms. The Bertz CT molecular complexity index is 407. The van der Waals surface area contributed by atoms with Crippen LogP contribution in [0.2, 0.25) is 0 Å². The highest BCUT2D eigenvalue weighted by Crippen LogP contribution is 2.36. The zero-order chi connectivity index (χ0) is 13.1. The van der Waals surface area contributed by atoms with Gasteiger partial charge in [-0.25, -0.2) is 4.39 Å². The van der Waals surface area contributed by atoms with Crippen LogP contribution in [0.25, 0.3) is 0 Å². The first-order chi connectivity index (χ1) is 8.61. The molecule has 0 aliphatic heterocycles. The molecule has 0 bridgehead atoms. The Hall–Kier alpha value is -0.450. The summed E-state index contributed by atoms with van der Waals surface area (Å²) in [5.74, 6) is 1.30. The molecule has 0 amide bonds.